The minimum absolute atomic E-state index is 0.149. The summed E-state index contributed by atoms with van der Waals surface area (Å²) in [5.41, 5.74) is -0.858. The lowest BCUT2D eigenvalue weighted by molar-refractivity contribution is -0.385. The monoisotopic (exact) mass is 393 g/mol. The summed E-state index contributed by atoms with van der Waals surface area (Å²) < 4.78 is 41.7. The molecule has 2 heterocycles. The summed E-state index contributed by atoms with van der Waals surface area (Å²) in [6, 6.07) is 5.96. The van der Waals surface area contributed by atoms with Crippen LogP contribution < -0.4 is 0 Å². The average Bonchev–Trinajstić information content (AvgIpc) is 2.97. The molecule has 0 saturated carbocycles. The largest absolute Gasteiger partial charge is 0.504 e. The lowest BCUT2D eigenvalue weighted by Gasteiger charge is -2.15. The van der Waals surface area contributed by atoms with E-state index in [-0.39, 0.29) is 22.5 Å². The quantitative estimate of drug-likeness (QED) is 0.390. The van der Waals surface area contributed by atoms with Crippen molar-refractivity contribution in [2.24, 2.45) is 7.05 Å². The van der Waals surface area contributed by atoms with E-state index in [1.807, 2.05) is 0 Å². The van der Waals surface area contributed by atoms with Crippen molar-refractivity contribution in [3.8, 4) is 34.0 Å². The zero-order valence-corrected chi connectivity index (χ0v) is 14.7. The van der Waals surface area contributed by atoms with Crippen LogP contribution in [-0.4, -0.2) is 24.7 Å². The van der Waals surface area contributed by atoms with Gasteiger partial charge in [-0.3, -0.25) is 15.1 Å². The van der Waals surface area contributed by atoms with Gasteiger partial charge in [-0.1, -0.05) is 0 Å². The van der Waals surface area contributed by atoms with Gasteiger partial charge in [-0.05, 0) is 31.2 Å². The zero-order valence-electron chi connectivity index (χ0n) is 14.7. The number of nitrogens with zero attached hydrogens (tertiary/aromatic N) is 3. The first-order chi connectivity index (χ1) is 13.0. The average molecular weight is 393 g/mol. The van der Waals surface area contributed by atoms with E-state index in [0.717, 1.165) is 24.4 Å². The van der Waals surface area contributed by atoms with Crippen molar-refractivity contribution >= 4 is 5.69 Å². The minimum Gasteiger partial charge on any atom is -0.504 e. The standard InChI is InChI=1S/C18H14F3N3O4/c1-9-5-12(18(19,20)21)11(8-22-9)14-4-3-13(23(14)2)10-6-15(24(27)28)17(26)16(25)7-10/h3-8,25-26H,1-2H3. The minimum atomic E-state index is -4.59. The third-order valence-corrected chi connectivity index (χ3v) is 4.31. The summed E-state index contributed by atoms with van der Waals surface area (Å²) in [4.78, 5) is 14.1. The van der Waals surface area contributed by atoms with Crippen LogP contribution >= 0.6 is 0 Å². The van der Waals surface area contributed by atoms with E-state index in [1.54, 1.807) is 0 Å². The number of nitro groups is 1. The molecule has 146 valence electrons. The molecule has 0 spiro atoms. The first-order valence-corrected chi connectivity index (χ1v) is 7.91. The summed E-state index contributed by atoms with van der Waals surface area (Å²) in [7, 11) is 1.49. The molecule has 0 bridgehead atoms. The Hall–Kier alpha value is -3.56. The number of phenols is 2. The van der Waals surface area contributed by atoms with Gasteiger partial charge in [-0.2, -0.15) is 13.2 Å². The number of phenolic OH excluding ortho intramolecular Hbond substituents is 2. The highest BCUT2D eigenvalue weighted by molar-refractivity contribution is 5.75. The maximum absolute atomic E-state index is 13.4. The highest BCUT2D eigenvalue weighted by atomic mass is 19.4. The maximum Gasteiger partial charge on any atom is 0.417 e. The number of pyridine rings is 1. The van der Waals surface area contributed by atoms with Gasteiger partial charge in [0.25, 0.3) is 0 Å². The van der Waals surface area contributed by atoms with Crippen LogP contribution in [-0.2, 0) is 13.2 Å². The van der Waals surface area contributed by atoms with Crippen molar-refractivity contribution in [3.05, 3.63) is 57.9 Å². The van der Waals surface area contributed by atoms with Crippen LogP contribution in [0.15, 0.2) is 36.5 Å². The van der Waals surface area contributed by atoms with E-state index < -0.39 is 33.8 Å². The lowest BCUT2D eigenvalue weighted by Crippen LogP contribution is -2.09. The van der Waals surface area contributed by atoms with Gasteiger partial charge in [0.15, 0.2) is 5.75 Å². The van der Waals surface area contributed by atoms with Crippen LogP contribution in [0.5, 0.6) is 11.5 Å². The van der Waals surface area contributed by atoms with Crippen LogP contribution in [0.2, 0.25) is 0 Å². The summed E-state index contributed by atoms with van der Waals surface area (Å²) in [5.74, 6) is -1.59. The van der Waals surface area contributed by atoms with Gasteiger partial charge in [-0.25, -0.2) is 0 Å². The number of aryl methyl sites for hydroxylation is 1. The Kier molecular flexibility index (Phi) is 4.50. The van der Waals surface area contributed by atoms with E-state index in [2.05, 4.69) is 4.98 Å². The van der Waals surface area contributed by atoms with E-state index in [4.69, 9.17) is 0 Å². The SMILES string of the molecule is Cc1cc(C(F)(F)F)c(-c2ccc(-c3cc(O)c(O)c([N+](=O)[O-])c3)n2C)cn1. The van der Waals surface area contributed by atoms with Gasteiger partial charge >= 0.3 is 11.9 Å². The Balaban J connectivity index is 2.19. The van der Waals surface area contributed by atoms with Crippen LogP contribution in [0, 0.1) is 17.0 Å². The Morgan fingerprint density at radius 3 is 2.39 bits per heavy atom. The molecule has 3 rings (SSSR count). The van der Waals surface area contributed by atoms with Gasteiger partial charge in [-0.15, -0.1) is 0 Å². The number of hydrogen-bond donors (Lipinski definition) is 2. The predicted molar refractivity (Wildman–Crippen MR) is 93.8 cm³/mol. The fourth-order valence-corrected chi connectivity index (χ4v) is 2.96. The molecule has 0 atom stereocenters. The van der Waals surface area contributed by atoms with Gasteiger partial charge in [0.05, 0.1) is 16.2 Å². The third-order valence-electron chi connectivity index (χ3n) is 4.31. The predicted octanol–water partition coefficient (Wildman–Crippen LogP) is 4.40. The fraction of sp³-hybridized carbons (Fsp3) is 0.167. The maximum atomic E-state index is 13.4. The van der Waals surface area contributed by atoms with Crippen LogP contribution in [0.3, 0.4) is 0 Å². The van der Waals surface area contributed by atoms with Gasteiger partial charge in [0.1, 0.15) is 0 Å². The van der Waals surface area contributed by atoms with Crippen LogP contribution in [0.25, 0.3) is 22.5 Å². The number of nitro benzene ring substituents is 1. The molecule has 0 aliphatic carbocycles. The number of rotatable bonds is 3. The molecule has 0 fully saturated rings. The second-order valence-corrected chi connectivity index (χ2v) is 6.15. The molecule has 3 aromatic rings. The van der Waals surface area contributed by atoms with Gasteiger partial charge < -0.3 is 14.8 Å². The molecule has 7 nitrogen and oxygen atoms in total. The summed E-state index contributed by atoms with van der Waals surface area (Å²) in [5, 5.41) is 30.4. The number of hydrogen-bond acceptors (Lipinski definition) is 5. The van der Waals surface area contributed by atoms with Crippen molar-refractivity contribution in [2.45, 2.75) is 13.1 Å². The molecular weight excluding hydrogens is 379 g/mol. The second-order valence-electron chi connectivity index (χ2n) is 6.15. The number of aromatic hydroxyl groups is 2. The van der Waals surface area contributed by atoms with Crippen LogP contribution in [0.1, 0.15) is 11.3 Å². The number of alkyl halides is 3. The Bertz CT molecular complexity index is 1090. The molecule has 0 aliphatic heterocycles. The van der Waals surface area contributed by atoms with Crippen molar-refractivity contribution in [1.82, 2.24) is 9.55 Å². The molecule has 0 radical (unpaired) electrons. The Labute approximate surface area is 156 Å². The number of halogens is 3. The lowest BCUT2D eigenvalue weighted by atomic mass is 10.1. The highest BCUT2D eigenvalue weighted by Crippen LogP contribution is 2.42. The molecule has 1 aromatic carbocycles. The first kappa shape index (κ1) is 19.2. The molecule has 0 saturated heterocycles. The van der Waals surface area contributed by atoms with E-state index in [9.17, 15) is 33.5 Å². The van der Waals surface area contributed by atoms with Crippen LogP contribution in [0.4, 0.5) is 18.9 Å². The molecular formula is C18H14F3N3O4. The molecule has 10 heteroatoms. The van der Waals surface area contributed by atoms with Crippen molar-refractivity contribution < 1.29 is 28.3 Å². The fourth-order valence-electron chi connectivity index (χ4n) is 2.96. The summed E-state index contributed by atoms with van der Waals surface area (Å²) in [6.45, 7) is 1.45. The van der Waals surface area contributed by atoms with E-state index in [1.165, 1.54) is 30.7 Å². The van der Waals surface area contributed by atoms with Gasteiger partial charge in [0.2, 0.25) is 5.75 Å². The van der Waals surface area contributed by atoms with E-state index >= 15 is 0 Å². The normalized spacial score (nSPS) is 11.6. The molecule has 28 heavy (non-hydrogen) atoms. The smallest absolute Gasteiger partial charge is 0.417 e. The third kappa shape index (κ3) is 3.24. The Morgan fingerprint density at radius 2 is 1.79 bits per heavy atom. The zero-order chi connectivity index (χ0) is 20.8. The van der Waals surface area contributed by atoms with Crippen molar-refractivity contribution in [1.29, 1.82) is 0 Å². The second kappa shape index (κ2) is 6.55. The summed E-state index contributed by atoms with van der Waals surface area (Å²) >= 11 is 0. The molecule has 0 amide bonds. The number of benzene rings is 1. The van der Waals surface area contributed by atoms with Gasteiger partial charge in [0, 0.05) is 41.8 Å². The van der Waals surface area contributed by atoms with E-state index in [0.29, 0.717) is 5.69 Å². The summed E-state index contributed by atoms with van der Waals surface area (Å²) in [6.07, 6.45) is -3.48. The first-order valence-electron chi connectivity index (χ1n) is 7.91. The molecule has 0 unspecified atom stereocenters. The van der Waals surface area contributed by atoms with Crippen molar-refractivity contribution in [2.75, 3.05) is 0 Å². The van der Waals surface area contributed by atoms with Crippen molar-refractivity contribution in [3.63, 3.8) is 0 Å². The Morgan fingerprint density at radius 1 is 1.14 bits per heavy atom. The number of aromatic nitrogens is 2. The topological polar surface area (TPSA) is 101 Å². The molecule has 0 aliphatic rings. The molecule has 2 N–H and O–H groups in total. The molecule has 2 aromatic heterocycles. The highest BCUT2D eigenvalue weighted by Gasteiger charge is 2.35.